The molecule has 0 amide bonds. The second-order valence-corrected chi connectivity index (χ2v) is 5.96. The number of rotatable bonds is 3. The highest BCUT2D eigenvalue weighted by molar-refractivity contribution is 9.10. The van der Waals surface area contributed by atoms with Crippen molar-refractivity contribution in [2.45, 2.75) is 26.2 Å². The Labute approximate surface area is 116 Å². The minimum atomic E-state index is 0.729. The van der Waals surface area contributed by atoms with Crippen LogP contribution in [-0.4, -0.2) is 24.0 Å². The zero-order valence-electron chi connectivity index (χ0n) is 10.1. The van der Waals surface area contributed by atoms with E-state index in [-0.39, 0.29) is 0 Å². The molecule has 0 saturated carbocycles. The summed E-state index contributed by atoms with van der Waals surface area (Å²) in [6.45, 7) is 4.32. The molecule has 1 atom stereocenters. The monoisotopic (exact) mass is 316 g/mol. The number of halogens is 2. The third-order valence-corrected chi connectivity index (χ3v) is 4.44. The molecular formula is C13H18BrClN2. The topological polar surface area (TPSA) is 16.1 Å². The van der Waals surface area contributed by atoms with E-state index in [1.807, 2.05) is 6.20 Å². The zero-order valence-corrected chi connectivity index (χ0v) is 12.5. The molecule has 0 aliphatic carbocycles. The molecule has 1 aromatic heterocycles. The first-order chi connectivity index (χ1) is 8.20. The van der Waals surface area contributed by atoms with Crippen molar-refractivity contribution < 1.29 is 0 Å². The maximum atomic E-state index is 5.83. The first kappa shape index (κ1) is 13.2. The number of piperidine rings is 1. The molecule has 1 saturated heterocycles. The van der Waals surface area contributed by atoms with E-state index in [4.69, 9.17) is 11.6 Å². The molecule has 2 heterocycles. The molecule has 17 heavy (non-hydrogen) atoms. The van der Waals surface area contributed by atoms with Gasteiger partial charge in [-0.05, 0) is 59.7 Å². The summed E-state index contributed by atoms with van der Waals surface area (Å²) in [4.78, 5) is 6.89. The van der Waals surface area contributed by atoms with Crippen molar-refractivity contribution in [2.24, 2.45) is 5.92 Å². The van der Waals surface area contributed by atoms with Gasteiger partial charge in [-0.1, -0.05) is 0 Å². The maximum absolute atomic E-state index is 5.83. The van der Waals surface area contributed by atoms with E-state index in [1.165, 1.54) is 18.4 Å². The molecule has 1 aliphatic rings. The Hall–Kier alpha value is -0.280. The average molecular weight is 318 g/mol. The van der Waals surface area contributed by atoms with Gasteiger partial charge in [-0.2, -0.15) is 0 Å². The van der Waals surface area contributed by atoms with Crippen LogP contribution in [0.2, 0.25) is 0 Å². The Balaban J connectivity index is 2.08. The molecule has 0 aromatic carbocycles. The zero-order chi connectivity index (χ0) is 12.3. The fourth-order valence-corrected chi connectivity index (χ4v) is 2.89. The van der Waals surface area contributed by atoms with Crippen LogP contribution < -0.4 is 4.90 Å². The SMILES string of the molecule is Cc1cc(N2CCCC(CCCl)C2)ncc1Br. The summed E-state index contributed by atoms with van der Waals surface area (Å²) in [6, 6.07) is 2.16. The lowest BCUT2D eigenvalue weighted by atomic mass is 9.95. The van der Waals surface area contributed by atoms with Crippen LogP contribution >= 0.6 is 27.5 Å². The van der Waals surface area contributed by atoms with E-state index in [9.17, 15) is 0 Å². The molecule has 4 heteroatoms. The molecule has 1 aliphatic heterocycles. The van der Waals surface area contributed by atoms with Crippen LogP contribution in [0.1, 0.15) is 24.8 Å². The van der Waals surface area contributed by atoms with Crippen molar-refractivity contribution >= 4 is 33.3 Å². The van der Waals surface area contributed by atoms with Gasteiger partial charge >= 0.3 is 0 Å². The highest BCUT2D eigenvalue weighted by atomic mass is 79.9. The molecule has 1 fully saturated rings. The highest BCUT2D eigenvalue weighted by Gasteiger charge is 2.20. The number of aromatic nitrogens is 1. The number of nitrogens with zero attached hydrogens (tertiary/aromatic N) is 2. The van der Waals surface area contributed by atoms with Gasteiger partial charge in [0.2, 0.25) is 0 Å². The van der Waals surface area contributed by atoms with Crippen LogP contribution in [0.25, 0.3) is 0 Å². The molecular weight excluding hydrogens is 300 g/mol. The lowest BCUT2D eigenvalue weighted by molar-refractivity contribution is 0.404. The number of alkyl halides is 1. The Morgan fingerprint density at radius 1 is 1.59 bits per heavy atom. The predicted molar refractivity (Wildman–Crippen MR) is 76.9 cm³/mol. The molecule has 94 valence electrons. The van der Waals surface area contributed by atoms with Gasteiger partial charge in [0.25, 0.3) is 0 Å². The van der Waals surface area contributed by atoms with E-state index in [0.29, 0.717) is 0 Å². The normalized spacial score (nSPS) is 20.6. The average Bonchev–Trinajstić information content (AvgIpc) is 2.33. The predicted octanol–water partition coefficient (Wildman–Crippen LogP) is 4.00. The van der Waals surface area contributed by atoms with E-state index in [2.05, 4.69) is 38.8 Å². The van der Waals surface area contributed by atoms with Crippen molar-refractivity contribution in [1.29, 1.82) is 0 Å². The van der Waals surface area contributed by atoms with Gasteiger partial charge in [0.1, 0.15) is 5.82 Å². The molecule has 0 spiro atoms. The Bertz CT molecular complexity index is 382. The summed E-state index contributed by atoms with van der Waals surface area (Å²) < 4.78 is 1.08. The van der Waals surface area contributed by atoms with Gasteiger partial charge < -0.3 is 4.90 Å². The minimum absolute atomic E-state index is 0.729. The van der Waals surface area contributed by atoms with E-state index >= 15 is 0 Å². The van der Waals surface area contributed by atoms with Gasteiger partial charge in [-0.15, -0.1) is 11.6 Å². The summed E-state index contributed by atoms with van der Waals surface area (Å²) in [5.41, 5.74) is 1.24. The molecule has 0 N–H and O–H groups in total. The van der Waals surface area contributed by atoms with Gasteiger partial charge in [0, 0.05) is 29.6 Å². The Morgan fingerprint density at radius 3 is 3.12 bits per heavy atom. The van der Waals surface area contributed by atoms with Crippen molar-refractivity contribution in [3.8, 4) is 0 Å². The number of hydrogen-bond acceptors (Lipinski definition) is 2. The van der Waals surface area contributed by atoms with Crippen molar-refractivity contribution in [2.75, 3.05) is 23.9 Å². The second-order valence-electron chi connectivity index (χ2n) is 4.72. The fourth-order valence-electron chi connectivity index (χ4n) is 2.36. The fraction of sp³-hybridized carbons (Fsp3) is 0.615. The van der Waals surface area contributed by atoms with Gasteiger partial charge in [0.15, 0.2) is 0 Å². The van der Waals surface area contributed by atoms with Crippen molar-refractivity contribution in [3.05, 3.63) is 22.3 Å². The van der Waals surface area contributed by atoms with Crippen LogP contribution in [0.5, 0.6) is 0 Å². The molecule has 2 nitrogen and oxygen atoms in total. The number of aryl methyl sites for hydroxylation is 1. The van der Waals surface area contributed by atoms with Gasteiger partial charge in [-0.3, -0.25) is 0 Å². The number of anilines is 1. The van der Waals surface area contributed by atoms with Crippen molar-refractivity contribution in [1.82, 2.24) is 4.98 Å². The third-order valence-electron chi connectivity index (χ3n) is 3.39. The first-order valence-electron chi connectivity index (χ1n) is 6.13. The summed E-state index contributed by atoms with van der Waals surface area (Å²) in [7, 11) is 0. The summed E-state index contributed by atoms with van der Waals surface area (Å²) in [6.07, 6.45) is 5.57. The molecule has 0 bridgehead atoms. The van der Waals surface area contributed by atoms with E-state index in [0.717, 1.165) is 41.6 Å². The standard InChI is InChI=1S/C13H18BrClN2/c1-10-7-13(16-8-12(10)14)17-6-2-3-11(9-17)4-5-15/h7-8,11H,2-6,9H2,1H3. The summed E-state index contributed by atoms with van der Waals surface area (Å²) >= 11 is 9.33. The summed E-state index contributed by atoms with van der Waals surface area (Å²) in [5, 5.41) is 0. The van der Waals surface area contributed by atoms with E-state index in [1.54, 1.807) is 0 Å². The van der Waals surface area contributed by atoms with Crippen molar-refractivity contribution in [3.63, 3.8) is 0 Å². The Kier molecular flexibility index (Phi) is 4.69. The van der Waals surface area contributed by atoms with Crippen LogP contribution in [0.3, 0.4) is 0 Å². The summed E-state index contributed by atoms with van der Waals surface area (Å²) in [5.74, 6) is 2.60. The highest BCUT2D eigenvalue weighted by Crippen LogP contribution is 2.26. The first-order valence-corrected chi connectivity index (χ1v) is 7.46. The molecule has 1 aromatic rings. The smallest absolute Gasteiger partial charge is 0.128 e. The largest absolute Gasteiger partial charge is 0.356 e. The van der Waals surface area contributed by atoms with Crippen LogP contribution in [0, 0.1) is 12.8 Å². The van der Waals surface area contributed by atoms with Gasteiger partial charge in [-0.25, -0.2) is 4.98 Å². The van der Waals surface area contributed by atoms with Crippen LogP contribution in [0.4, 0.5) is 5.82 Å². The number of hydrogen-bond donors (Lipinski definition) is 0. The quantitative estimate of drug-likeness (QED) is 0.783. The van der Waals surface area contributed by atoms with Gasteiger partial charge in [0.05, 0.1) is 0 Å². The lowest BCUT2D eigenvalue weighted by Gasteiger charge is -2.33. The maximum Gasteiger partial charge on any atom is 0.128 e. The van der Waals surface area contributed by atoms with Crippen LogP contribution in [0.15, 0.2) is 16.7 Å². The molecule has 1 unspecified atom stereocenters. The molecule has 0 radical (unpaired) electrons. The Morgan fingerprint density at radius 2 is 2.41 bits per heavy atom. The third kappa shape index (κ3) is 3.35. The minimum Gasteiger partial charge on any atom is -0.356 e. The van der Waals surface area contributed by atoms with E-state index < -0.39 is 0 Å². The lowest BCUT2D eigenvalue weighted by Crippen LogP contribution is -2.36. The molecule has 2 rings (SSSR count). The second kappa shape index (κ2) is 6.05. The van der Waals surface area contributed by atoms with Crippen LogP contribution in [-0.2, 0) is 0 Å². The number of pyridine rings is 1.